The molecular weight excluding hydrogens is 326 g/mol. The monoisotopic (exact) mass is 351 g/mol. The number of piperidine rings is 1. The number of likely N-dealkylation sites (tertiary alicyclic amines) is 1. The van der Waals surface area contributed by atoms with E-state index in [-0.39, 0.29) is 11.3 Å². The third-order valence-electron chi connectivity index (χ3n) is 5.58. The molecule has 1 spiro atoms. The van der Waals surface area contributed by atoms with Crippen LogP contribution in [-0.2, 0) is 11.3 Å². The lowest BCUT2D eigenvalue weighted by atomic mass is 9.78. The van der Waals surface area contributed by atoms with Crippen molar-refractivity contribution >= 4 is 11.7 Å². The summed E-state index contributed by atoms with van der Waals surface area (Å²) in [5.41, 5.74) is 2.58. The average Bonchev–Trinajstić information content (AvgIpc) is 2.92. The summed E-state index contributed by atoms with van der Waals surface area (Å²) in [5, 5.41) is 8.49. The summed E-state index contributed by atoms with van der Waals surface area (Å²) in [7, 11) is 0. The maximum absolute atomic E-state index is 13.2. The number of pyridine rings is 1. The second-order valence-corrected chi connectivity index (χ2v) is 7.59. The van der Waals surface area contributed by atoms with Crippen molar-refractivity contribution in [1.82, 2.24) is 20.1 Å². The SMILES string of the molecule is Cc1ccc(N2CCC[C@]3(CCN(Cc4cccc(C)n4)C3=O)C2)nn1. The summed E-state index contributed by atoms with van der Waals surface area (Å²) in [6, 6.07) is 9.98. The number of nitrogens with zero attached hydrogens (tertiary/aromatic N) is 5. The van der Waals surface area contributed by atoms with E-state index >= 15 is 0 Å². The highest BCUT2D eigenvalue weighted by Crippen LogP contribution is 2.41. The van der Waals surface area contributed by atoms with Crippen molar-refractivity contribution in [2.45, 2.75) is 39.7 Å². The summed E-state index contributed by atoms with van der Waals surface area (Å²) in [4.78, 5) is 22.0. The largest absolute Gasteiger partial charge is 0.354 e. The molecule has 0 radical (unpaired) electrons. The molecule has 4 rings (SSSR count). The Hall–Kier alpha value is -2.50. The fourth-order valence-corrected chi connectivity index (χ4v) is 4.19. The molecule has 1 amide bonds. The molecule has 26 heavy (non-hydrogen) atoms. The Balaban J connectivity index is 1.49. The second-order valence-electron chi connectivity index (χ2n) is 7.59. The molecule has 0 unspecified atom stereocenters. The van der Waals surface area contributed by atoms with Crippen LogP contribution >= 0.6 is 0 Å². The van der Waals surface area contributed by atoms with Crippen LogP contribution in [0.4, 0.5) is 5.82 Å². The van der Waals surface area contributed by atoms with E-state index in [2.05, 4.69) is 20.1 Å². The van der Waals surface area contributed by atoms with Gasteiger partial charge in [0.25, 0.3) is 0 Å². The molecule has 0 saturated carbocycles. The van der Waals surface area contributed by atoms with Gasteiger partial charge in [0, 0.05) is 25.3 Å². The lowest BCUT2D eigenvalue weighted by Crippen LogP contribution is -2.48. The van der Waals surface area contributed by atoms with Crippen LogP contribution in [0, 0.1) is 19.3 Å². The van der Waals surface area contributed by atoms with Crippen molar-refractivity contribution < 1.29 is 4.79 Å². The van der Waals surface area contributed by atoms with E-state index in [1.807, 2.05) is 49.1 Å². The van der Waals surface area contributed by atoms with Crippen molar-refractivity contribution in [3.05, 3.63) is 47.4 Å². The molecule has 0 aliphatic carbocycles. The zero-order chi connectivity index (χ0) is 18.1. The molecule has 1 atom stereocenters. The van der Waals surface area contributed by atoms with Gasteiger partial charge in [-0.1, -0.05) is 6.07 Å². The van der Waals surface area contributed by atoms with Gasteiger partial charge in [-0.2, -0.15) is 5.10 Å². The van der Waals surface area contributed by atoms with E-state index in [4.69, 9.17) is 0 Å². The predicted molar refractivity (Wildman–Crippen MR) is 99.7 cm³/mol. The van der Waals surface area contributed by atoms with E-state index in [1.54, 1.807) is 0 Å². The van der Waals surface area contributed by atoms with Crippen molar-refractivity contribution in [3.63, 3.8) is 0 Å². The normalized spacial score (nSPS) is 23.1. The fraction of sp³-hybridized carbons (Fsp3) is 0.500. The van der Waals surface area contributed by atoms with Crippen molar-refractivity contribution in [2.24, 2.45) is 5.41 Å². The minimum Gasteiger partial charge on any atom is -0.354 e. The van der Waals surface area contributed by atoms with Gasteiger partial charge in [-0.25, -0.2) is 0 Å². The number of hydrogen-bond acceptors (Lipinski definition) is 5. The zero-order valence-electron chi connectivity index (χ0n) is 15.5. The fourth-order valence-electron chi connectivity index (χ4n) is 4.19. The molecule has 2 saturated heterocycles. The van der Waals surface area contributed by atoms with Crippen LogP contribution in [0.3, 0.4) is 0 Å². The number of carbonyl (C=O) groups is 1. The average molecular weight is 351 g/mol. The highest BCUT2D eigenvalue weighted by Gasteiger charge is 2.49. The zero-order valence-corrected chi connectivity index (χ0v) is 15.5. The molecule has 0 N–H and O–H groups in total. The first kappa shape index (κ1) is 16.9. The van der Waals surface area contributed by atoms with Gasteiger partial charge in [0.15, 0.2) is 5.82 Å². The van der Waals surface area contributed by atoms with E-state index in [1.165, 1.54) is 0 Å². The molecule has 2 aromatic heterocycles. The smallest absolute Gasteiger partial charge is 0.231 e. The Morgan fingerprint density at radius 1 is 1.04 bits per heavy atom. The Kier molecular flexibility index (Phi) is 4.34. The van der Waals surface area contributed by atoms with Crippen molar-refractivity contribution in [2.75, 3.05) is 24.5 Å². The number of hydrogen-bond donors (Lipinski definition) is 0. The molecule has 0 aromatic carbocycles. The van der Waals surface area contributed by atoms with E-state index < -0.39 is 0 Å². The first-order chi connectivity index (χ1) is 12.6. The molecule has 2 aliphatic rings. The summed E-state index contributed by atoms with van der Waals surface area (Å²) in [6.45, 7) is 7.01. The summed E-state index contributed by atoms with van der Waals surface area (Å²) in [6.07, 6.45) is 2.88. The van der Waals surface area contributed by atoms with Gasteiger partial charge in [-0.3, -0.25) is 9.78 Å². The summed E-state index contributed by atoms with van der Waals surface area (Å²) < 4.78 is 0. The molecule has 2 aliphatic heterocycles. The lowest BCUT2D eigenvalue weighted by Gasteiger charge is -2.39. The van der Waals surface area contributed by atoms with Gasteiger partial charge in [-0.15, -0.1) is 5.10 Å². The molecule has 6 nitrogen and oxygen atoms in total. The third-order valence-corrected chi connectivity index (χ3v) is 5.58. The standard InChI is InChI=1S/C20H25N5O/c1-15-5-3-6-17(21-15)13-24-12-10-20(19(24)26)9-4-11-25(14-20)18-8-7-16(2)22-23-18/h3,5-8H,4,9-14H2,1-2H3/t20-/m0/s1. The number of rotatable bonds is 3. The van der Waals surface area contributed by atoms with Crippen LogP contribution < -0.4 is 4.90 Å². The van der Waals surface area contributed by atoms with E-state index in [0.29, 0.717) is 6.54 Å². The first-order valence-corrected chi connectivity index (χ1v) is 9.33. The number of anilines is 1. The van der Waals surface area contributed by atoms with E-state index in [9.17, 15) is 4.79 Å². The number of amides is 1. The molecule has 4 heterocycles. The quantitative estimate of drug-likeness (QED) is 0.850. The minimum absolute atomic E-state index is 0.269. The number of aromatic nitrogens is 3. The Labute approximate surface area is 154 Å². The van der Waals surface area contributed by atoms with Gasteiger partial charge in [0.05, 0.1) is 23.3 Å². The number of aryl methyl sites for hydroxylation is 2. The molecule has 0 bridgehead atoms. The van der Waals surface area contributed by atoms with Gasteiger partial charge < -0.3 is 9.80 Å². The van der Waals surface area contributed by atoms with Gasteiger partial charge in [-0.05, 0) is 57.4 Å². The van der Waals surface area contributed by atoms with E-state index in [0.717, 1.165) is 61.8 Å². The Morgan fingerprint density at radius 2 is 1.92 bits per heavy atom. The maximum atomic E-state index is 13.2. The molecular formula is C20H25N5O. The lowest BCUT2D eigenvalue weighted by molar-refractivity contribution is -0.137. The highest BCUT2D eigenvalue weighted by molar-refractivity contribution is 5.85. The van der Waals surface area contributed by atoms with Crippen LogP contribution in [-0.4, -0.2) is 45.6 Å². The van der Waals surface area contributed by atoms with Crippen LogP contribution in [0.2, 0.25) is 0 Å². The summed E-state index contributed by atoms with van der Waals surface area (Å²) >= 11 is 0. The molecule has 2 fully saturated rings. The topological polar surface area (TPSA) is 62.2 Å². The van der Waals surface area contributed by atoms with Gasteiger partial charge >= 0.3 is 0 Å². The molecule has 6 heteroatoms. The minimum atomic E-state index is -0.283. The summed E-state index contributed by atoms with van der Waals surface area (Å²) in [5.74, 6) is 1.15. The van der Waals surface area contributed by atoms with Gasteiger partial charge in [0.1, 0.15) is 0 Å². The molecule has 2 aromatic rings. The van der Waals surface area contributed by atoms with Crippen LogP contribution in [0.25, 0.3) is 0 Å². The Bertz CT molecular complexity index is 806. The molecule has 136 valence electrons. The first-order valence-electron chi connectivity index (χ1n) is 9.33. The highest BCUT2D eigenvalue weighted by atomic mass is 16.2. The van der Waals surface area contributed by atoms with Gasteiger partial charge in [0.2, 0.25) is 5.91 Å². The van der Waals surface area contributed by atoms with Crippen LogP contribution in [0.1, 0.15) is 36.3 Å². The van der Waals surface area contributed by atoms with Crippen molar-refractivity contribution in [3.8, 4) is 0 Å². The Morgan fingerprint density at radius 3 is 2.69 bits per heavy atom. The maximum Gasteiger partial charge on any atom is 0.231 e. The predicted octanol–water partition coefficient (Wildman–Crippen LogP) is 2.51. The number of carbonyl (C=O) groups excluding carboxylic acids is 1. The van der Waals surface area contributed by atoms with Crippen LogP contribution in [0.15, 0.2) is 30.3 Å². The second kappa shape index (κ2) is 6.67. The van der Waals surface area contributed by atoms with Crippen molar-refractivity contribution in [1.29, 1.82) is 0 Å². The third kappa shape index (κ3) is 3.16. The van der Waals surface area contributed by atoms with Crippen LogP contribution in [0.5, 0.6) is 0 Å².